The summed E-state index contributed by atoms with van der Waals surface area (Å²) in [6, 6.07) is 0. The number of fused-ring (bicyclic) bond motifs is 5. The van der Waals surface area contributed by atoms with Crippen LogP contribution in [0.5, 0.6) is 0 Å². The van der Waals surface area contributed by atoms with Crippen molar-refractivity contribution in [1.82, 2.24) is 0 Å². The summed E-state index contributed by atoms with van der Waals surface area (Å²) in [6.07, 6.45) is 17.2. The summed E-state index contributed by atoms with van der Waals surface area (Å²) in [5.74, 6) is 5.46. The third kappa shape index (κ3) is 6.55. The Bertz CT molecular complexity index is 709. The number of quaternary nitrogens is 1. The first-order valence-electron chi connectivity index (χ1n) is 15.1. The van der Waals surface area contributed by atoms with E-state index in [2.05, 4.69) is 61.8 Å². The van der Waals surface area contributed by atoms with E-state index in [1.165, 1.54) is 57.8 Å². The summed E-state index contributed by atoms with van der Waals surface area (Å²) in [4.78, 5) is 0. The molecule has 3 heteroatoms. The summed E-state index contributed by atoms with van der Waals surface area (Å²) in [5.41, 5.74) is 2.60. The van der Waals surface area contributed by atoms with Crippen molar-refractivity contribution < 1.29 is 14.7 Å². The van der Waals surface area contributed by atoms with Crippen LogP contribution >= 0.6 is 0 Å². The van der Waals surface area contributed by atoms with Gasteiger partial charge in [0.05, 0.1) is 33.9 Å². The zero-order valence-electron chi connectivity index (χ0n) is 24.7. The number of allylic oxidation sites excluding steroid dienone is 1. The molecule has 0 amide bonds. The van der Waals surface area contributed by atoms with Crippen molar-refractivity contribution >= 4 is 0 Å². The third-order valence-electron chi connectivity index (χ3n) is 11.0. The molecular formula is C32H60NO2+. The van der Waals surface area contributed by atoms with E-state index in [4.69, 9.17) is 5.11 Å². The Morgan fingerprint density at radius 2 is 1.69 bits per heavy atom. The van der Waals surface area contributed by atoms with Crippen LogP contribution in [0.2, 0.25) is 0 Å². The molecule has 8 atom stereocenters. The molecule has 0 heterocycles. The van der Waals surface area contributed by atoms with Crippen molar-refractivity contribution in [1.29, 1.82) is 0 Å². The van der Waals surface area contributed by atoms with Crippen molar-refractivity contribution in [3.63, 3.8) is 0 Å². The standard InChI is InChI=1S/C27H46O.C5H14NO/c1-18(2)7-6-8-19(3)23-11-12-24-22-10-9-20-17-21(28)13-15-26(20,4)25(22)14-16-27(23,24)5;1-6(2,3)4-5-7/h9,18-19,21-25,28H,6-8,10-17H2,1-5H3;7H,4-5H2,1-3H3/q;+1/t19?,21-,22-,23+,24-,25-,26-,27+;/m0./s1. The highest BCUT2D eigenvalue weighted by molar-refractivity contribution is 5.25. The van der Waals surface area contributed by atoms with Crippen LogP contribution < -0.4 is 0 Å². The van der Waals surface area contributed by atoms with E-state index in [0.717, 1.165) is 59.4 Å². The third-order valence-corrected chi connectivity index (χ3v) is 11.0. The molecule has 0 aromatic heterocycles. The molecule has 0 aromatic carbocycles. The van der Waals surface area contributed by atoms with Gasteiger partial charge in [0.2, 0.25) is 0 Å². The molecule has 204 valence electrons. The summed E-state index contributed by atoms with van der Waals surface area (Å²) < 4.78 is 0.844. The summed E-state index contributed by atoms with van der Waals surface area (Å²) in [7, 11) is 6.16. The van der Waals surface area contributed by atoms with Crippen molar-refractivity contribution in [2.75, 3.05) is 34.3 Å². The minimum Gasteiger partial charge on any atom is -0.393 e. The first-order valence-corrected chi connectivity index (χ1v) is 15.1. The first-order chi connectivity index (χ1) is 16.3. The average molecular weight is 491 g/mol. The minimum atomic E-state index is -0.0766. The van der Waals surface area contributed by atoms with Gasteiger partial charge in [-0.2, -0.15) is 0 Å². The molecule has 3 fully saturated rings. The van der Waals surface area contributed by atoms with Crippen LogP contribution in [0.3, 0.4) is 0 Å². The molecule has 4 aliphatic rings. The van der Waals surface area contributed by atoms with Crippen molar-refractivity contribution in [2.24, 2.45) is 46.3 Å². The van der Waals surface area contributed by atoms with E-state index in [9.17, 15) is 5.11 Å². The Morgan fingerprint density at radius 1 is 0.971 bits per heavy atom. The number of hydrogen-bond donors (Lipinski definition) is 2. The smallest absolute Gasteiger partial charge is 0.101 e. The molecule has 1 unspecified atom stereocenters. The van der Waals surface area contributed by atoms with Gasteiger partial charge in [-0.25, -0.2) is 0 Å². The lowest BCUT2D eigenvalue weighted by molar-refractivity contribution is -0.870. The highest BCUT2D eigenvalue weighted by Crippen LogP contribution is 2.67. The van der Waals surface area contributed by atoms with Gasteiger partial charge in [0.1, 0.15) is 6.54 Å². The number of nitrogens with zero attached hydrogens (tertiary/aromatic N) is 1. The van der Waals surface area contributed by atoms with E-state index in [1.807, 2.05) is 0 Å². The number of likely N-dealkylation sites (N-methyl/N-ethyl adjacent to an activating group) is 1. The maximum atomic E-state index is 10.2. The molecule has 4 aliphatic carbocycles. The van der Waals surface area contributed by atoms with Crippen LogP contribution in [0.1, 0.15) is 105 Å². The molecule has 0 radical (unpaired) electrons. The number of aliphatic hydroxyl groups is 2. The molecule has 0 saturated heterocycles. The van der Waals surface area contributed by atoms with Crippen LogP contribution in [0.25, 0.3) is 0 Å². The largest absolute Gasteiger partial charge is 0.393 e. The lowest BCUT2D eigenvalue weighted by Crippen LogP contribution is -2.50. The molecule has 0 aliphatic heterocycles. The summed E-state index contributed by atoms with van der Waals surface area (Å²) >= 11 is 0. The highest BCUT2D eigenvalue weighted by atomic mass is 16.3. The van der Waals surface area contributed by atoms with Gasteiger partial charge in [-0.15, -0.1) is 0 Å². The molecule has 0 aromatic rings. The van der Waals surface area contributed by atoms with E-state index < -0.39 is 0 Å². The average Bonchev–Trinajstić information content (AvgIpc) is 3.11. The fourth-order valence-corrected chi connectivity index (χ4v) is 8.97. The Labute approximate surface area is 218 Å². The van der Waals surface area contributed by atoms with Crippen molar-refractivity contribution in [3.8, 4) is 0 Å². The Balaban J connectivity index is 0.000000429. The first kappa shape index (κ1) is 29.2. The normalized spacial score (nSPS) is 39.6. The molecule has 35 heavy (non-hydrogen) atoms. The van der Waals surface area contributed by atoms with Crippen LogP contribution in [-0.2, 0) is 0 Å². The maximum Gasteiger partial charge on any atom is 0.101 e. The Morgan fingerprint density at radius 3 is 2.29 bits per heavy atom. The van der Waals surface area contributed by atoms with Crippen molar-refractivity contribution in [2.45, 2.75) is 111 Å². The molecule has 0 bridgehead atoms. The van der Waals surface area contributed by atoms with Gasteiger partial charge in [-0.3, -0.25) is 0 Å². The quantitative estimate of drug-likeness (QED) is 0.296. The predicted molar refractivity (Wildman–Crippen MR) is 149 cm³/mol. The van der Waals surface area contributed by atoms with Crippen LogP contribution in [-0.4, -0.2) is 55.1 Å². The zero-order valence-corrected chi connectivity index (χ0v) is 24.7. The van der Waals surface area contributed by atoms with Gasteiger partial charge in [0.25, 0.3) is 0 Å². The van der Waals surface area contributed by atoms with Gasteiger partial charge < -0.3 is 14.7 Å². The SMILES string of the molecule is CC(C)CCCC(C)[C@H]1CC[C@H]2[C@@H]3CC=C4C[C@@H](O)CC[C@]4(C)[C@H]3CC[C@]12C.C[N+](C)(C)CCO. The molecule has 3 nitrogen and oxygen atoms in total. The Hall–Kier alpha value is -0.380. The second-order valence-corrected chi connectivity index (χ2v) is 14.9. The van der Waals surface area contributed by atoms with Gasteiger partial charge in [-0.05, 0) is 97.7 Å². The summed E-state index contributed by atoms with van der Waals surface area (Å²) in [6.45, 7) is 13.7. The van der Waals surface area contributed by atoms with Crippen LogP contribution in [0.4, 0.5) is 0 Å². The predicted octanol–water partition coefficient (Wildman–Crippen LogP) is 7.07. The van der Waals surface area contributed by atoms with Crippen LogP contribution in [0.15, 0.2) is 11.6 Å². The van der Waals surface area contributed by atoms with E-state index in [0.29, 0.717) is 10.8 Å². The maximum absolute atomic E-state index is 10.2. The Kier molecular flexibility index (Phi) is 9.64. The fraction of sp³-hybridized carbons (Fsp3) is 0.938. The van der Waals surface area contributed by atoms with E-state index in [-0.39, 0.29) is 12.7 Å². The monoisotopic (exact) mass is 490 g/mol. The number of aliphatic hydroxyl groups excluding tert-OH is 2. The van der Waals surface area contributed by atoms with Crippen molar-refractivity contribution in [3.05, 3.63) is 11.6 Å². The van der Waals surface area contributed by atoms with Gasteiger partial charge in [0.15, 0.2) is 0 Å². The number of hydrogen-bond acceptors (Lipinski definition) is 2. The molecule has 3 saturated carbocycles. The van der Waals surface area contributed by atoms with Gasteiger partial charge in [0, 0.05) is 0 Å². The lowest BCUT2D eigenvalue weighted by Gasteiger charge is -2.58. The van der Waals surface area contributed by atoms with E-state index >= 15 is 0 Å². The minimum absolute atomic E-state index is 0.0766. The topological polar surface area (TPSA) is 40.5 Å². The molecule has 0 spiro atoms. The van der Waals surface area contributed by atoms with E-state index in [1.54, 1.807) is 5.57 Å². The fourth-order valence-electron chi connectivity index (χ4n) is 8.97. The van der Waals surface area contributed by atoms with Gasteiger partial charge >= 0.3 is 0 Å². The number of rotatable bonds is 7. The van der Waals surface area contributed by atoms with Crippen LogP contribution in [0, 0.1) is 46.3 Å². The highest BCUT2D eigenvalue weighted by Gasteiger charge is 2.59. The lowest BCUT2D eigenvalue weighted by atomic mass is 9.47. The summed E-state index contributed by atoms with van der Waals surface area (Å²) in [5, 5.41) is 18.6. The van der Waals surface area contributed by atoms with Gasteiger partial charge in [-0.1, -0.05) is 65.5 Å². The second kappa shape index (κ2) is 11.6. The molecule has 2 N–H and O–H groups in total. The second-order valence-electron chi connectivity index (χ2n) is 14.9. The molecule has 4 rings (SSSR count). The molecular weight excluding hydrogens is 430 g/mol. The zero-order chi connectivity index (χ0) is 26.0.